The molecule has 0 saturated carbocycles. The lowest BCUT2D eigenvalue weighted by molar-refractivity contribution is -0.384. The van der Waals surface area contributed by atoms with Gasteiger partial charge in [0.2, 0.25) is 5.82 Å². The summed E-state index contributed by atoms with van der Waals surface area (Å²) in [6.07, 6.45) is -1.74. The highest BCUT2D eigenvalue weighted by Crippen LogP contribution is 2.18. The predicted octanol–water partition coefficient (Wildman–Crippen LogP) is 0.639. The third kappa shape index (κ3) is 2.10. The van der Waals surface area contributed by atoms with Crippen LogP contribution in [0.4, 0.5) is 20.3 Å². The maximum absolute atomic E-state index is 11.8. The van der Waals surface area contributed by atoms with Gasteiger partial charge in [0.15, 0.2) is 0 Å². The molecular weight excluding hydrogens is 186 g/mol. The van der Waals surface area contributed by atoms with E-state index in [1.807, 2.05) is 0 Å². The second-order valence-electron chi connectivity index (χ2n) is 2.27. The van der Waals surface area contributed by atoms with Crippen molar-refractivity contribution in [3.63, 3.8) is 0 Å². The number of aromatic nitrogens is 2. The minimum absolute atomic E-state index is 0.356. The molecule has 8 heteroatoms. The molecule has 0 bridgehead atoms. The van der Waals surface area contributed by atoms with Crippen molar-refractivity contribution < 1.29 is 13.7 Å². The zero-order valence-corrected chi connectivity index (χ0v) is 6.35. The molecule has 0 fully saturated rings. The summed E-state index contributed by atoms with van der Waals surface area (Å²) in [7, 11) is 0. The molecule has 1 heterocycles. The highest BCUT2D eigenvalue weighted by atomic mass is 19.3. The zero-order valence-electron chi connectivity index (χ0n) is 6.35. The summed E-state index contributed by atoms with van der Waals surface area (Å²) in [6.45, 7) is -0.696. The molecule has 0 unspecified atom stereocenters. The van der Waals surface area contributed by atoms with E-state index >= 15 is 0 Å². The lowest BCUT2D eigenvalue weighted by Crippen LogP contribution is -2.07. The van der Waals surface area contributed by atoms with Gasteiger partial charge in [-0.25, -0.2) is 8.78 Å². The van der Waals surface area contributed by atoms with Gasteiger partial charge in [-0.3, -0.25) is 14.8 Å². The van der Waals surface area contributed by atoms with Gasteiger partial charge in [0.05, 0.1) is 4.92 Å². The Hall–Kier alpha value is -1.73. The summed E-state index contributed by atoms with van der Waals surface area (Å²) in [4.78, 5) is 9.43. The average Bonchev–Trinajstić information content (AvgIpc) is 2.29. The van der Waals surface area contributed by atoms with Crippen LogP contribution in [-0.4, -0.2) is 21.1 Å². The maximum Gasteiger partial charge on any atom is 0.330 e. The van der Waals surface area contributed by atoms with Crippen molar-refractivity contribution in [3.05, 3.63) is 16.3 Å². The predicted molar refractivity (Wildman–Crippen MR) is 39.3 cm³/mol. The van der Waals surface area contributed by atoms with Gasteiger partial charge in [-0.1, -0.05) is 0 Å². The van der Waals surface area contributed by atoms with E-state index in [1.54, 1.807) is 0 Å². The van der Waals surface area contributed by atoms with Crippen LogP contribution in [0.1, 0.15) is 0 Å². The summed E-state index contributed by atoms with van der Waals surface area (Å²) in [6, 6.07) is 0. The van der Waals surface area contributed by atoms with E-state index in [1.165, 1.54) is 0 Å². The molecule has 72 valence electrons. The molecule has 0 aliphatic rings. The first-order valence-corrected chi connectivity index (χ1v) is 3.26. The molecule has 6 nitrogen and oxygen atoms in total. The molecule has 1 rings (SSSR count). The number of hydrogen-bond donors (Lipinski definition) is 1. The first kappa shape index (κ1) is 9.36. The lowest BCUT2D eigenvalue weighted by atomic mass is 10.5. The lowest BCUT2D eigenvalue weighted by Gasteiger charge is -1.96. The van der Waals surface area contributed by atoms with E-state index in [2.05, 4.69) is 5.10 Å². The van der Waals surface area contributed by atoms with E-state index in [0.29, 0.717) is 0 Å². The number of alkyl halides is 2. The molecule has 13 heavy (non-hydrogen) atoms. The fraction of sp³-hybridized carbons (Fsp3) is 0.400. The summed E-state index contributed by atoms with van der Waals surface area (Å²) in [5.74, 6) is -0.356. The standard InChI is InChI=1S/C5H6F2N4O2/c6-4(7)2-10-1-3(11(12)13)5(8)9-10/h1,4H,2H2,(H2,8,9). The highest BCUT2D eigenvalue weighted by molar-refractivity contribution is 5.50. The smallest absolute Gasteiger partial charge is 0.330 e. The Labute approximate surface area is 71.1 Å². The maximum atomic E-state index is 11.8. The van der Waals surface area contributed by atoms with Crippen LogP contribution in [0.25, 0.3) is 0 Å². The molecule has 0 atom stereocenters. The molecule has 1 aromatic rings. The Morgan fingerprint density at radius 1 is 1.77 bits per heavy atom. The number of nitrogen functional groups attached to an aromatic ring is 1. The van der Waals surface area contributed by atoms with Crippen molar-refractivity contribution in [3.8, 4) is 0 Å². The minimum atomic E-state index is -2.61. The molecule has 1 aromatic heterocycles. The van der Waals surface area contributed by atoms with Gasteiger partial charge >= 0.3 is 5.69 Å². The molecular formula is C5H6F2N4O2. The Morgan fingerprint density at radius 3 is 2.77 bits per heavy atom. The molecule has 2 N–H and O–H groups in total. The average molecular weight is 192 g/mol. The Kier molecular flexibility index (Phi) is 2.40. The molecule has 0 saturated heterocycles. The summed E-state index contributed by atoms with van der Waals surface area (Å²) in [5, 5.41) is 13.6. The Bertz CT molecular complexity index is 324. The van der Waals surface area contributed by atoms with Gasteiger partial charge in [-0.15, -0.1) is 5.10 Å². The second kappa shape index (κ2) is 3.33. The highest BCUT2D eigenvalue weighted by Gasteiger charge is 2.17. The van der Waals surface area contributed by atoms with Crippen molar-refractivity contribution in [2.45, 2.75) is 13.0 Å². The second-order valence-corrected chi connectivity index (χ2v) is 2.27. The first-order chi connectivity index (χ1) is 6.00. The quantitative estimate of drug-likeness (QED) is 0.562. The SMILES string of the molecule is Nc1nn(CC(F)F)cc1[N+](=O)[O-]. The van der Waals surface area contributed by atoms with Gasteiger partial charge in [-0.2, -0.15) is 0 Å². The van der Waals surface area contributed by atoms with Crippen molar-refractivity contribution >= 4 is 11.5 Å². The molecule has 0 aliphatic carbocycles. The number of nitrogens with two attached hydrogens (primary N) is 1. The molecule has 0 amide bonds. The number of hydrogen-bond acceptors (Lipinski definition) is 4. The Balaban J connectivity index is 2.89. The van der Waals surface area contributed by atoms with E-state index in [0.717, 1.165) is 10.9 Å². The number of nitrogens with zero attached hydrogens (tertiary/aromatic N) is 3. The van der Waals surface area contributed by atoms with Crippen molar-refractivity contribution in [1.29, 1.82) is 0 Å². The molecule has 0 aliphatic heterocycles. The normalized spacial score (nSPS) is 10.7. The molecule has 0 spiro atoms. The minimum Gasteiger partial charge on any atom is -0.376 e. The fourth-order valence-electron chi connectivity index (χ4n) is 0.801. The van der Waals surface area contributed by atoms with Gasteiger partial charge in [0.1, 0.15) is 12.7 Å². The Morgan fingerprint density at radius 2 is 2.38 bits per heavy atom. The first-order valence-electron chi connectivity index (χ1n) is 3.26. The van der Waals surface area contributed by atoms with Gasteiger partial charge in [0, 0.05) is 0 Å². The van der Waals surface area contributed by atoms with E-state index in [4.69, 9.17) is 5.73 Å². The zero-order chi connectivity index (χ0) is 10.0. The van der Waals surface area contributed by atoms with E-state index in [9.17, 15) is 18.9 Å². The third-order valence-electron chi connectivity index (χ3n) is 1.29. The number of rotatable bonds is 3. The van der Waals surface area contributed by atoms with Crippen LogP contribution in [0.15, 0.2) is 6.20 Å². The van der Waals surface area contributed by atoms with Gasteiger partial charge in [0.25, 0.3) is 6.43 Å². The van der Waals surface area contributed by atoms with Crippen LogP contribution in [0.5, 0.6) is 0 Å². The largest absolute Gasteiger partial charge is 0.376 e. The van der Waals surface area contributed by atoms with E-state index < -0.39 is 23.6 Å². The van der Waals surface area contributed by atoms with Crippen LogP contribution in [-0.2, 0) is 6.54 Å². The van der Waals surface area contributed by atoms with Crippen molar-refractivity contribution in [2.75, 3.05) is 5.73 Å². The number of nitro groups is 1. The van der Waals surface area contributed by atoms with Crippen molar-refractivity contribution in [1.82, 2.24) is 9.78 Å². The van der Waals surface area contributed by atoms with Crippen LogP contribution < -0.4 is 5.73 Å². The van der Waals surface area contributed by atoms with Crippen LogP contribution in [0.2, 0.25) is 0 Å². The topological polar surface area (TPSA) is 87.0 Å². The summed E-state index contributed by atoms with van der Waals surface area (Å²) >= 11 is 0. The van der Waals surface area contributed by atoms with Crippen LogP contribution in [0, 0.1) is 10.1 Å². The van der Waals surface area contributed by atoms with Crippen molar-refractivity contribution in [2.24, 2.45) is 0 Å². The molecule has 0 radical (unpaired) electrons. The third-order valence-corrected chi connectivity index (χ3v) is 1.29. The van der Waals surface area contributed by atoms with Crippen LogP contribution in [0.3, 0.4) is 0 Å². The number of anilines is 1. The fourth-order valence-corrected chi connectivity index (χ4v) is 0.801. The summed E-state index contributed by atoms with van der Waals surface area (Å²) in [5.41, 5.74) is 4.64. The monoisotopic (exact) mass is 192 g/mol. The van der Waals surface area contributed by atoms with Gasteiger partial charge < -0.3 is 5.73 Å². The number of halogens is 2. The van der Waals surface area contributed by atoms with Crippen LogP contribution >= 0.6 is 0 Å². The molecule has 0 aromatic carbocycles. The van der Waals surface area contributed by atoms with Gasteiger partial charge in [-0.05, 0) is 0 Å². The van der Waals surface area contributed by atoms with E-state index in [-0.39, 0.29) is 5.82 Å². The summed E-state index contributed by atoms with van der Waals surface area (Å²) < 4.78 is 24.3.